The van der Waals surface area contributed by atoms with Crippen LogP contribution in [0.25, 0.3) is 0 Å². The molecule has 1 amide bonds. The molecule has 1 atom stereocenters. The van der Waals surface area contributed by atoms with Crippen LogP contribution in [0.4, 0.5) is 4.39 Å². The summed E-state index contributed by atoms with van der Waals surface area (Å²) < 4.78 is 17.8. The number of methoxy groups -OCH3 is 1. The zero-order valence-electron chi connectivity index (χ0n) is 11.1. The lowest BCUT2D eigenvalue weighted by Gasteiger charge is -2.34. The van der Waals surface area contributed by atoms with E-state index in [1.54, 1.807) is 0 Å². The van der Waals surface area contributed by atoms with Gasteiger partial charge in [0.15, 0.2) is 0 Å². The first-order chi connectivity index (χ1) is 9.54. The molecule has 0 aromatic heterocycles. The fourth-order valence-electron chi connectivity index (χ4n) is 2.37. The lowest BCUT2D eigenvalue weighted by atomic mass is 10.0. The molecule has 0 aliphatic carbocycles. The van der Waals surface area contributed by atoms with E-state index in [2.05, 4.69) is 0 Å². The molecule has 0 saturated carbocycles. The van der Waals surface area contributed by atoms with Gasteiger partial charge in [-0.05, 0) is 37.5 Å². The van der Waals surface area contributed by atoms with Crippen LogP contribution in [0.5, 0.6) is 0 Å². The van der Waals surface area contributed by atoms with E-state index in [0.717, 1.165) is 18.9 Å². The SMILES string of the molecule is COC(=O)[C@H]1CCCCN1C(=O)c1ccc(F)cc1Cl. The van der Waals surface area contributed by atoms with Crippen molar-refractivity contribution in [2.45, 2.75) is 25.3 Å². The lowest BCUT2D eigenvalue weighted by Crippen LogP contribution is -2.48. The van der Waals surface area contributed by atoms with Gasteiger partial charge in [-0.2, -0.15) is 0 Å². The predicted octanol–water partition coefficient (Wildman–Crippen LogP) is 2.65. The van der Waals surface area contributed by atoms with Crippen molar-refractivity contribution >= 4 is 23.5 Å². The quantitative estimate of drug-likeness (QED) is 0.789. The van der Waals surface area contributed by atoms with Gasteiger partial charge in [0.05, 0.1) is 17.7 Å². The maximum absolute atomic E-state index is 13.0. The highest BCUT2D eigenvalue weighted by atomic mass is 35.5. The van der Waals surface area contributed by atoms with Crippen molar-refractivity contribution in [2.75, 3.05) is 13.7 Å². The zero-order valence-corrected chi connectivity index (χ0v) is 11.8. The summed E-state index contributed by atoms with van der Waals surface area (Å²) in [6.07, 6.45) is 2.25. The summed E-state index contributed by atoms with van der Waals surface area (Å²) in [5, 5.41) is 0.0455. The largest absolute Gasteiger partial charge is 0.467 e. The Morgan fingerprint density at radius 3 is 2.80 bits per heavy atom. The van der Waals surface area contributed by atoms with Crippen LogP contribution in [0, 0.1) is 5.82 Å². The number of benzene rings is 1. The first-order valence-corrected chi connectivity index (χ1v) is 6.76. The Labute approximate surface area is 121 Å². The number of likely N-dealkylation sites (tertiary alicyclic amines) is 1. The zero-order chi connectivity index (χ0) is 14.7. The van der Waals surface area contributed by atoms with Gasteiger partial charge in [-0.1, -0.05) is 11.6 Å². The molecular weight excluding hydrogens is 285 g/mol. The van der Waals surface area contributed by atoms with E-state index in [4.69, 9.17) is 16.3 Å². The van der Waals surface area contributed by atoms with E-state index in [0.29, 0.717) is 13.0 Å². The van der Waals surface area contributed by atoms with E-state index in [1.165, 1.54) is 24.1 Å². The van der Waals surface area contributed by atoms with Crippen molar-refractivity contribution in [3.63, 3.8) is 0 Å². The molecular formula is C14H15ClFNO3. The molecule has 1 aromatic carbocycles. The Morgan fingerprint density at radius 2 is 2.15 bits per heavy atom. The first-order valence-electron chi connectivity index (χ1n) is 6.38. The number of halogens is 2. The standard InChI is InChI=1S/C14H15ClFNO3/c1-20-14(19)12-4-2-3-7-17(12)13(18)10-6-5-9(16)8-11(10)15/h5-6,8,12H,2-4,7H2,1H3/t12-/m1/s1. The van der Waals surface area contributed by atoms with Gasteiger partial charge >= 0.3 is 5.97 Å². The third-order valence-electron chi connectivity index (χ3n) is 3.40. The number of carbonyl (C=O) groups excluding carboxylic acids is 2. The second kappa shape index (κ2) is 6.22. The predicted molar refractivity (Wildman–Crippen MR) is 72.1 cm³/mol. The van der Waals surface area contributed by atoms with Crippen LogP contribution in [-0.4, -0.2) is 36.5 Å². The minimum Gasteiger partial charge on any atom is -0.467 e. The van der Waals surface area contributed by atoms with Gasteiger partial charge in [0.1, 0.15) is 11.9 Å². The van der Waals surface area contributed by atoms with Crippen LogP contribution in [0.2, 0.25) is 5.02 Å². The number of piperidine rings is 1. The second-order valence-corrected chi connectivity index (χ2v) is 5.06. The first kappa shape index (κ1) is 14.8. The minimum atomic E-state index is -0.595. The summed E-state index contributed by atoms with van der Waals surface area (Å²) in [5.41, 5.74) is 0.198. The molecule has 108 valence electrons. The molecule has 1 saturated heterocycles. The summed E-state index contributed by atoms with van der Waals surface area (Å²) in [6.45, 7) is 0.465. The van der Waals surface area contributed by atoms with Crippen molar-refractivity contribution in [3.8, 4) is 0 Å². The molecule has 2 rings (SSSR count). The number of rotatable bonds is 2. The Morgan fingerprint density at radius 1 is 1.40 bits per heavy atom. The molecule has 1 aliphatic rings. The molecule has 0 radical (unpaired) electrons. The van der Waals surface area contributed by atoms with Crippen molar-refractivity contribution in [3.05, 3.63) is 34.6 Å². The minimum absolute atomic E-state index is 0.0455. The number of esters is 1. The Hall–Kier alpha value is -1.62. The Kier molecular flexibility index (Phi) is 4.60. The molecule has 6 heteroatoms. The maximum atomic E-state index is 13.0. The van der Waals surface area contributed by atoms with Crippen LogP contribution in [0.3, 0.4) is 0 Å². The number of ether oxygens (including phenoxy) is 1. The Balaban J connectivity index is 2.27. The number of hydrogen-bond acceptors (Lipinski definition) is 3. The third kappa shape index (κ3) is 2.93. The molecule has 4 nitrogen and oxygen atoms in total. The van der Waals surface area contributed by atoms with Crippen LogP contribution in [0.15, 0.2) is 18.2 Å². The van der Waals surface area contributed by atoms with E-state index in [9.17, 15) is 14.0 Å². The average molecular weight is 300 g/mol. The van der Waals surface area contributed by atoms with Crippen molar-refractivity contribution in [1.29, 1.82) is 0 Å². The maximum Gasteiger partial charge on any atom is 0.328 e. The molecule has 0 unspecified atom stereocenters. The highest BCUT2D eigenvalue weighted by Gasteiger charge is 2.33. The molecule has 1 aromatic rings. The normalized spacial score (nSPS) is 18.8. The van der Waals surface area contributed by atoms with Crippen LogP contribution in [0.1, 0.15) is 29.6 Å². The monoisotopic (exact) mass is 299 g/mol. The number of nitrogens with zero attached hydrogens (tertiary/aromatic N) is 1. The number of amides is 1. The average Bonchev–Trinajstić information content (AvgIpc) is 2.46. The highest BCUT2D eigenvalue weighted by molar-refractivity contribution is 6.33. The molecule has 1 aliphatic heterocycles. The molecule has 1 heterocycles. The van der Waals surface area contributed by atoms with Crippen LogP contribution >= 0.6 is 11.6 Å². The van der Waals surface area contributed by atoms with E-state index >= 15 is 0 Å². The second-order valence-electron chi connectivity index (χ2n) is 4.66. The van der Waals surface area contributed by atoms with Crippen molar-refractivity contribution in [1.82, 2.24) is 4.90 Å². The topological polar surface area (TPSA) is 46.6 Å². The summed E-state index contributed by atoms with van der Waals surface area (Å²) in [7, 11) is 1.30. The van der Waals surface area contributed by atoms with E-state index in [1.807, 2.05) is 0 Å². The fraction of sp³-hybridized carbons (Fsp3) is 0.429. The van der Waals surface area contributed by atoms with Gasteiger partial charge in [-0.3, -0.25) is 4.79 Å². The fourth-order valence-corrected chi connectivity index (χ4v) is 2.62. The van der Waals surface area contributed by atoms with E-state index in [-0.39, 0.29) is 16.5 Å². The van der Waals surface area contributed by atoms with Gasteiger partial charge in [-0.15, -0.1) is 0 Å². The van der Waals surface area contributed by atoms with Crippen LogP contribution < -0.4 is 0 Å². The van der Waals surface area contributed by atoms with E-state index < -0.39 is 17.8 Å². The van der Waals surface area contributed by atoms with Crippen molar-refractivity contribution < 1.29 is 18.7 Å². The summed E-state index contributed by atoms with van der Waals surface area (Å²) in [6, 6.07) is 3.01. The van der Waals surface area contributed by atoms with Gasteiger partial charge in [0.25, 0.3) is 5.91 Å². The van der Waals surface area contributed by atoms with Gasteiger partial charge in [0, 0.05) is 6.54 Å². The van der Waals surface area contributed by atoms with Crippen LogP contribution in [-0.2, 0) is 9.53 Å². The lowest BCUT2D eigenvalue weighted by molar-refractivity contribution is -0.147. The van der Waals surface area contributed by atoms with Crippen molar-refractivity contribution in [2.24, 2.45) is 0 Å². The summed E-state index contributed by atoms with van der Waals surface area (Å²) >= 11 is 5.90. The molecule has 1 fully saturated rings. The number of hydrogen-bond donors (Lipinski definition) is 0. The molecule has 0 spiro atoms. The van der Waals surface area contributed by atoms with Gasteiger partial charge in [0.2, 0.25) is 0 Å². The third-order valence-corrected chi connectivity index (χ3v) is 3.71. The molecule has 20 heavy (non-hydrogen) atoms. The summed E-state index contributed by atoms with van der Waals surface area (Å²) in [4.78, 5) is 25.7. The number of carbonyl (C=O) groups is 2. The highest BCUT2D eigenvalue weighted by Crippen LogP contribution is 2.24. The van der Waals surface area contributed by atoms with Gasteiger partial charge < -0.3 is 9.64 Å². The Bertz CT molecular complexity index is 535. The smallest absolute Gasteiger partial charge is 0.328 e. The molecule has 0 bridgehead atoms. The summed E-state index contributed by atoms with van der Waals surface area (Å²) in [5.74, 6) is -1.31. The van der Waals surface area contributed by atoms with Gasteiger partial charge in [-0.25, -0.2) is 9.18 Å². The molecule has 0 N–H and O–H groups in total.